The largest absolute Gasteiger partial charge is 0.379 e. The van der Waals surface area contributed by atoms with E-state index in [-0.39, 0.29) is 16.8 Å². The average molecular weight is 366 g/mol. The van der Waals surface area contributed by atoms with Crippen LogP contribution in [-0.4, -0.2) is 51.0 Å². The van der Waals surface area contributed by atoms with Crippen molar-refractivity contribution in [1.29, 1.82) is 0 Å². The normalized spacial score (nSPS) is 25.5. The molecular formula is C18H26N2O4S. The van der Waals surface area contributed by atoms with Gasteiger partial charge < -0.3 is 10.1 Å². The predicted molar refractivity (Wildman–Crippen MR) is 94.9 cm³/mol. The van der Waals surface area contributed by atoms with Gasteiger partial charge in [-0.05, 0) is 37.0 Å². The van der Waals surface area contributed by atoms with Crippen LogP contribution < -0.4 is 5.32 Å². The van der Waals surface area contributed by atoms with E-state index in [2.05, 4.69) is 12.2 Å². The maximum Gasteiger partial charge on any atom is 0.251 e. The molecule has 2 fully saturated rings. The minimum absolute atomic E-state index is 0.166. The lowest BCUT2D eigenvalue weighted by atomic mass is 9.86. The highest BCUT2D eigenvalue weighted by molar-refractivity contribution is 7.89. The van der Waals surface area contributed by atoms with Crippen molar-refractivity contribution in [1.82, 2.24) is 9.62 Å². The molecule has 0 spiro atoms. The van der Waals surface area contributed by atoms with E-state index < -0.39 is 10.0 Å². The van der Waals surface area contributed by atoms with Gasteiger partial charge in [-0.1, -0.05) is 25.8 Å². The molecule has 2 atom stereocenters. The van der Waals surface area contributed by atoms with Crippen molar-refractivity contribution in [2.24, 2.45) is 5.92 Å². The number of amides is 1. The second-order valence-electron chi connectivity index (χ2n) is 6.89. The van der Waals surface area contributed by atoms with Gasteiger partial charge in [-0.2, -0.15) is 4.31 Å². The molecule has 3 rings (SSSR count). The van der Waals surface area contributed by atoms with Crippen LogP contribution in [0.1, 0.15) is 43.0 Å². The Bertz CT molecular complexity index is 714. The van der Waals surface area contributed by atoms with Gasteiger partial charge in [0.1, 0.15) is 0 Å². The highest BCUT2D eigenvalue weighted by Crippen LogP contribution is 2.24. The zero-order chi connectivity index (χ0) is 17.9. The Balaban J connectivity index is 1.75. The molecule has 1 saturated heterocycles. The van der Waals surface area contributed by atoms with Crippen molar-refractivity contribution in [3.05, 3.63) is 29.8 Å². The van der Waals surface area contributed by atoms with Gasteiger partial charge in [-0.25, -0.2) is 8.42 Å². The lowest BCUT2D eigenvalue weighted by Crippen LogP contribution is -2.41. The summed E-state index contributed by atoms with van der Waals surface area (Å²) in [4.78, 5) is 12.7. The van der Waals surface area contributed by atoms with E-state index in [1.54, 1.807) is 18.2 Å². The van der Waals surface area contributed by atoms with Crippen molar-refractivity contribution in [2.45, 2.75) is 43.5 Å². The van der Waals surface area contributed by atoms with E-state index in [9.17, 15) is 13.2 Å². The number of nitrogens with zero attached hydrogens (tertiary/aromatic N) is 1. The quantitative estimate of drug-likeness (QED) is 0.884. The van der Waals surface area contributed by atoms with Gasteiger partial charge in [-0.3, -0.25) is 4.79 Å². The maximum absolute atomic E-state index is 12.7. The molecule has 1 amide bonds. The molecule has 0 aromatic heterocycles. The zero-order valence-electron chi connectivity index (χ0n) is 14.6. The number of morpholine rings is 1. The summed E-state index contributed by atoms with van der Waals surface area (Å²) in [7, 11) is -3.59. The fraction of sp³-hybridized carbons (Fsp3) is 0.611. The molecule has 2 aliphatic rings. The van der Waals surface area contributed by atoms with Gasteiger partial charge in [0, 0.05) is 24.7 Å². The number of rotatable bonds is 4. The van der Waals surface area contributed by atoms with E-state index in [0.717, 1.165) is 19.3 Å². The molecule has 138 valence electrons. The smallest absolute Gasteiger partial charge is 0.251 e. The first-order valence-electron chi connectivity index (χ1n) is 8.97. The molecule has 0 radical (unpaired) electrons. The maximum atomic E-state index is 12.7. The van der Waals surface area contributed by atoms with E-state index in [0.29, 0.717) is 37.8 Å². The summed E-state index contributed by atoms with van der Waals surface area (Å²) >= 11 is 0. The van der Waals surface area contributed by atoms with Crippen LogP contribution >= 0.6 is 0 Å². The van der Waals surface area contributed by atoms with Crippen molar-refractivity contribution >= 4 is 15.9 Å². The van der Waals surface area contributed by atoms with Crippen LogP contribution in [-0.2, 0) is 14.8 Å². The van der Waals surface area contributed by atoms with Crippen LogP contribution in [0.2, 0.25) is 0 Å². The van der Waals surface area contributed by atoms with Crippen LogP contribution in [0.5, 0.6) is 0 Å². The first kappa shape index (κ1) is 18.4. The summed E-state index contributed by atoms with van der Waals surface area (Å²) in [5.74, 6) is 0.260. The van der Waals surface area contributed by atoms with Gasteiger partial charge in [0.2, 0.25) is 10.0 Å². The third-order valence-corrected chi connectivity index (χ3v) is 7.03. The Morgan fingerprint density at radius 3 is 2.64 bits per heavy atom. The van der Waals surface area contributed by atoms with E-state index >= 15 is 0 Å². The highest BCUT2D eigenvalue weighted by atomic mass is 32.2. The molecule has 0 bridgehead atoms. The first-order chi connectivity index (χ1) is 12.0. The second kappa shape index (κ2) is 7.85. The number of nitrogens with one attached hydrogen (secondary N) is 1. The fourth-order valence-electron chi connectivity index (χ4n) is 3.52. The summed E-state index contributed by atoms with van der Waals surface area (Å²) in [5.41, 5.74) is 0.395. The van der Waals surface area contributed by atoms with Crippen LogP contribution in [0.15, 0.2) is 29.2 Å². The number of benzene rings is 1. The highest BCUT2D eigenvalue weighted by Gasteiger charge is 2.28. The molecule has 2 unspecified atom stereocenters. The molecule has 1 saturated carbocycles. The number of hydrogen-bond donors (Lipinski definition) is 1. The van der Waals surface area contributed by atoms with E-state index in [1.807, 2.05) is 0 Å². The molecule has 1 N–H and O–H groups in total. The molecule has 1 aromatic carbocycles. The Kier molecular flexibility index (Phi) is 5.76. The lowest BCUT2D eigenvalue weighted by molar-refractivity contribution is 0.0730. The van der Waals surface area contributed by atoms with Gasteiger partial charge in [0.25, 0.3) is 5.91 Å². The van der Waals surface area contributed by atoms with E-state index in [1.165, 1.54) is 16.8 Å². The zero-order valence-corrected chi connectivity index (χ0v) is 15.4. The van der Waals surface area contributed by atoms with Gasteiger partial charge in [-0.15, -0.1) is 0 Å². The molecule has 1 aromatic rings. The first-order valence-corrected chi connectivity index (χ1v) is 10.4. The van der Waals surface area contributed by atoms with Gasteiger partial charge >= 0.3 is 0 Å². The molecule has 6 nitrogen and oxygen atoms in total. The molecular weight excluding hydrogens is 340 g/mol. The summed E-state index contributed by atoms with van der Waals surface area (Å²) in [6.45, 7) is 3.65. The summed E-state index contributed by atoms with van der Waals surface area (Å²) in [6, 6.07) is 6.49. The minimum atomic E-state index is -3.59. The lowest BCUT2D eigenvalue weighted by Gasteiger charge is -2.29. The number of hydrogen-bond acceptors (Lipinski definition) is 4. The van der Waals surface area contributed by atoms with Gasteiger partial charge in [0.05, 0.1) is 18.1 Å². The SMILES string of the molecule is CC1CCCCC1NC(=O)c1cccc(S(=O)(=O)N2CCOCC2)c1. The molecule has 7 heteroatoms. The monoisotopic (exact) mass is 366 g/mol. The predicted octanol–water partition coefficient (Wildman–Crippen LogP) is 2.02. The summed E-state index contributed by atoms with van der Waals surface area (Å²) in [5, 5.41) is 3.08. The third kappa shape index (κ3) is 4.22. The van der Waals surface area contributed by atoms with Crippen molar-refractivity contribution in [2.75, 3.05) is 26.3 Å². The molecule has 1 heterocycles. The number of ether oxygens (including phenoxy) is 1. The Morgan fingerprint density at radius 2 is 1.92 bits per heavy atom. The second-order valence-corrected chi connectivity index (χ2v) is 8.82. The molecule has 1 aliphatic carbocycles. The minimum Gasteiger partial charge on any atom is -0.379 e. The van der Waals surface area contributed by atoms with Crippen molar-refractivity contribution in [3.8, 4) is 0 Å². The summed E-state index contributed by atoms with van der Waals surface area (Å²) < 4.78 is 32.1. The third-order valence-electron chi connectivity index (χ3n) is 5.13. The van der Waals surface area contributed by atoms with Crippen LogP contribution in [0.25, 0.3) is 0 Å². The Labute approximate surface area is 149 Å². The average Bonchev–Trinajstić information content (AvgIpc) is 2.64. The topological polar surface area (TPSA) is 75.7 Å². The number of sulfonamides is 1. The molecule has 25 heavy (non-hydrogen) atoms. The van der Waals surface area contributed by atoms with E-state index in [4.69, 9.17) is 4.74 Å². The van der Waals surface area contributed by atoms with Crippen molar-refractivity contribution < 1.29 is 17.9 Å². The Morgan fingerprint density at radius 1 is 1.20 bits per heavy atom. The van der Waals surface area contributed by atoms with Crippen LogP contribution in [0.4, 0.5) is 0 Å². The van der Waals surface area contributed by atoms with Crippen LogP contribution in [0, 0.1) is 5.92 Å². The fourth-order valence-corrected chi connectivity index (χ4v) is 4.97. The van der Waals surface area contributed by atoms with Crippen LogP contribution in [0.3, 0.4) is 0 Å². The Hall–Kier alpha value is -1.44. The number of carbonyl (C=O) groups excluding carboxylic acids is 1. The van der Waals surface area contributed by atoms with Crippen molar-refractivity contribution in [3.63, 3.8) is 0 Å². The van der Waals surface area contributed by atoms with Gasteiger partial charge in [0.15, 0.2) is 0 Å². The number of carbonyl (C=O) groups is 1. The summed E-state index contributed by atoms with van der Waals surface area (Å²) in [6.07, 6.45) is 4.44. The standard InChI is InChI=1S/C18H26N2O4S/c1-14-5-2-3-8-17(14)19-18(21)15-6-4-7-16(13-15)25(22,23)20-9-11-24-12-10-20/h4,6-7,13-14,17H,2-3,5,8-12H2,1H3,(H,19,21). The molecule has 1 aliphatic heterocycles.